The van der Waals surface area contributed by atoms with E-state index in [1.54, 1.807) is 6.07 Å². The quantitative estimate of drug-likeness (QED) is 0.870. The molecule has 1 aliphatic heterocycles. The summed E-state index contributed by atoms with van der Waals surface area (Å²) in [5, 5.41) is 3.37. The van der Waals surface area contributed by atoms with E-state index in [2.05, 4.69) is 17.1 Å². The van der Waals surface area contributed by atoms with E-state index in [1.807, 2.05) is 19.1 Å². The largest absolute Gasteiger partial charge is 0.314 e. The van der Waals surface area contributed by atoms with Crippen molar-refractivity contribution in [1.29, 1.82) is 0 Å². The van der Waals surface area contributed by atoms with Crippen LogP contribution in [-0.2, 0) is 0 Å². The summed E-state index contributed by atoms with van der Waals surface area (Å²) in [6, 6.07) is 5.73. The number of piperazine rings is 1. The van der Waals surface area contributed by atoms with Crippen molar-refractivity contribution in [2.75, 3.05) is 26.2 Å². The van der Waals surface area contributed by atoms with E-state index in [1.165, 1.54) is 0 Å². The third kappa shape index (κ3) is 5.74. The molecule has 1 aromatic carbocycles. The van der Waals surface area contributed by atoms with Crippen molar-refractivity contribution >= 4 is 24.8 Å². The molecular formula is C16H27Cl2FN2. The van der Waals surface area contributed by atoms with E-state index < -0.39 is 0 Å². The van der Waals surface area contributed by atoms with Crippen molar-refractivity contribution < 1.29 is 4.39 Å². The Balaban J connectivity index is 0.00000200. The lowest BCUT2D eigenvalue weighted by Crippen LogP contribution is -2.45. The topological polar surface area (TPSA) is 15.3 Å². The summed E-state index contributed by atoms with van der Waals surface area (Å²) in [6.45, 7) is 8.29. The molecule has 2 rings (SSSR count). The smallest absolute Gasteiger partial charge is 0.128 e. The zero-order valence-corrected chi connectivity index (χ0v) is 14.5. The Morgan fingerprint density at radius 2 is 1.90 bits per heavy atom. The summed E-state index contributed by atoms with van der Waals surface area (Å²) < 4.78 is 14.2. The van der Waals surface area contributed by atoms with Crippen LogP contribution >= 0.6 is 24.8 Å². The van der Waals surface area contributed by atoms with Gasteiger partial charge in [0.05, 0.1) is 0 Å². The number of hydrogen-bond donors (Lipinski definition) is 1. The van der Waals surface area contributed by atoms with Crippen LogP contribution in [-0.4, -0.2) is 31.1 Å². The van der Waals surface area contributed by atoms with Crippen LogP contribution in [0.4, 0.5) is 4.39 Å². The van der Waals surface area contributed by atoms with Crippen LogP contribution in [0.15, 0.2) is 18.2 Å². The van der Waals surface area contributed by atoms with Gasteiger partial charge in [-0.05, 0) is 19.4 Å². The highest BCUT2D eigenvalue weighted by Crippen LogP contribution is 2.29. The van der Waals surface area contributed by atoms with Crippen molar-refractivity contribution in [2.24, 2.45) is 0 Å². The van der Waals surface area contributed by atoms with Crippen LogP contribution in [0.5, 0.6) is 0 Å². The van der Waals surface area contributed by atoms with Crippen molar-refractivity contribution in [3.63, 3.8) is 0 Å². The van der Waals surface area contributed by atoms with Gasteiger partial charge >= 0.3 is 0 Å². The van der Waals surface area contributed by atoms with Crippen LogP contribution in [0.25, 0.3) is 0 Å². The average Bonchev–Trinajstić information content (AvgIpc) is 2.44. The standard InChI is InChI=1S/C16H25FN2.2ClH/c1-3-4-5-16(19-10-8-18-9-11-19)14-12-13(2)6-7-15(14)17;;/h6-7,12,16,18H,3-5,8-11H2,1-2H3;2*1H/t16-;;/m1../s1. The summed E-state index contributed by atoms with van der Waals surface area (Å²) in [5.74, 6) is -0.0507. The number of rotatable bonds is 5. The minimum absolute atomic E-state index is 0. The second-order valence-electron chi connectivity index (χ2n) is 5.47. The van der Waals surface area contributed by atoms with Gasteiger partial charge in [0, 0.05) is 37.8 Å². The van der Waals surface area contributed by atoms with Crippen molar-refractivity contribution in [3.05, 3.63) is 35.1 Å². The fourth-order valence-corrected chi connectivity index (χ4v) is 2.84. The van der Waals surface area contributed by atoms with Crippen LogP contribution in [0, 0.1) is 12.7 Å². The molecule has 0 unspecified atom stereocenters. The monoisotopic (exact) mass is 336 g/mol. The Morgan fingerprint density at radius 3 is 2.52 bits per heavy atom. The molecule has 122 valence electrons. The molecule has 1 heterocycles. The highest BCUT2D eigenvalue weighted by Gasteiger charge is 2.24. The Bertz CT molecular complexity index is 409. The summed E-state index contributed by atoms with van der Waals surface area (Å²) in [7, 11) is 0. The molecule has 21 heavy (non-hydrogen) atoms. The molecule has 1 fully saturated rings. The molecule has 0 bridgehead atoms. The molecule has 1 aromatic rings. The van der Waals surface area contributed by atoms with Crippen LogP contribution in [0.2, 0.25) is 0 Å². The molecule has 0 saturated carbocycles. The van der Waals surface area contributed by atoms with Crippen LogP contribution in [0.3, 0.4) is 0 Å². The van der Waals surface area contributed by atoms with Crippen molar-refractivity contribution in [3.8, 4) is 0 Å². The molecule has 0 amide bonds. The predicted molar refractivity (Wildman–Crippen MR) is 92.3 cm³/mol. The Labute approximate surface area is 140 Å². The van der Waals surface area contributed by atoms with Gasteiger partial charge in [-0.2, -0.15) is 0 Å². The van der Waals surface area contributed by atoms with E-state index in [4.69, 9.17) is 0 Å². The highest BCUT2D eigenvalue weighted by atomic mass is 35.5. The third-order valence-electron chi connectivity index (χ3n) is 3.93. The molecule has 0 spiro atoms. The zero-order chi connectivity index (χ0) is 13.7. The minimum atomic E-state index is -0.0507. The first-order valence-electron chi connectivity index (χ1n) is 7.43. The fraction of sp³-hybridized carbons (Fsp3) is 0.625. The first-order chi connectivity index (χ1) is 9.22. The van der Waals surface area contributed by atoms with Gasteiger partial charge in [0.1, 0.15) is 5.82 Å². The second-order valence-corrected chi connectivity index (χ2v) is 5.47. The summed E-state index contributed by atoms with van der Waals surface area (Å²) in [5.41, 5.74) is 2.03. The number of halogens is 3. The van der Waals surface area contributed by atoms with E-state index in [9.17, 15) is 4.39 Å². The van der Waals surface area contributed by atoms with E-state index >= 15 is 0 Å². The molecule has 1 saturated heterocycles. The zero-order valence-electron chi connectivity index (χ0n) is 12.9. The molecule has 1 aliphatic rings. The molecule has 2 nitrogen and oxygen atoms in total. The number of hydrogen-bond acceptors (Lipinski definition) is 2. The van der Waals surface area contributed by atoms with E-state index in [0.29, 0.717) is 0 Å². The Kier molecular flexibility index (Phi) is 10.2. The number of nitrogens with zero attached hydrogens (tertiary/aromatic N) is 1. The SMILES string of the molecule is CCCC[C@H](c1cc(C)ccc1F)N1CCNCC1.Cl.Cl. The maximum atomic E-state index is 14.2. The van der Waals surface area contributed by atoms with Gasteiger partial charge in [-0.1, -0.05) is 37.5 Å². The molecular weight excluding hydrogens is 310 g/mol. The first-order valence-corrected chi connectivity index (χ1v) is 7.43. The van der Waals surface area contributed by atoms with Crippen LogP contribution in [0.1, 0.15) is 43.4 Å². The highest BCUT2D eigenvalue weighted by molar-refractivity contribution is 5.85. The normalized spacial score (nSPS) is 16.7. The van der Waals surface area contributed by atoms with Crippen molar-refractivity contribution in [1.82, 2.24) is 10.2 Å². The van der Waals surface area contributed by atoms with Gasteiger partial charge in [0.15, 0.2) is 0 Å². The lowest BCUT2D eigenvalue weighted by molar-refractivity contribution is 0.160. The first kappa shape index (κ1) is 20.6. The molecule has 0 aliphatic carbocycles. The number of unbranched alkanes of at least 4 members (excludes halogenated alkanes) is 1. The molecule has 5 heteroatoms. The van der Waals surface area contributed by atoms with E-state index in [-0.39, 0.29) is 36.7 Å². The van der Waals surface area contributed by atoms with Crippen LogP contribution < -0.4 is 5.32 Å². The van der Waals surface area contributed by atoms with Crippen molar-refractivity contribution in [2.45, 2.75) is 39.2 Å². The maximum Gasteiger partial charge on any atom is 0.128 e. The van der Waals surface area contributed by atoms with Gasteiger partial charge in [-0.25, -0.2) is 4.39 Å². The number of aryl methyl sites for hydroxylation is 1. The summed E-state index contributed by atoms with van der Waals surface area (Å²) >= 11 is 0. The third-order valence-corrected chi connectivity index (χ3v) is 3.93. The lowest BCUT2D eigenvalue weighted by atomic mass is 9.97. The molecule has 0 aromatic heterocycles. The maximum absolute atomic E-state index is 14.2. The van der Waals surface area contributed by atoms with Gasteiger partial charge in [0.25, 0.3) is 0 Å². The molecule has 1 N–H and O–H groups in total. The predicted octanol–water partition coefficient (Wildman–Crippen LogP) is 4.11. The Hall–Kier alpha value is -0.350. The van der Waals surface area contributed by atoms with Gasteiger partial charge < -0.3 is 5.32 Å². The second kappa shape index (κ2) is 10.4. The minimum Gasteiger partial charge on any atom is -0.314 e. The summed E-state index contributed by atoms with van der Waals surface area (Å²) in [4.78, 5) is 2.43. The number of nitrogens with one attached hydrogen (secondary N) is 1. The van der Waals surface area contributed by atoms with Gasteiger partial charge in [-0.3, -0.25) is 4.90 Å². The van der Waals surface area contributed by atoms with Gasteiger partial charge in [-0.15, -0.1) is 24.8 Å². The summed E-state index contributed by atoms with van der Waals surface area (Å²) in [6.07, 6.45) is 3.37. The molecule has 1 atom stereocenters. The lowest BCUT2D eigenvalue weighted by Gasteiger charge is -2.35. The molecule has 0 radical (unpaired) electrons. The number of benzene rings is 1. The van der Waals surface area contributed by atoms with E-state index in [0.717, 1.165) is 56.6 Å². The average molecular weight is 337 g/mol. The van der Waals surface area contributed by atoms with Gasteiger partial charge in [0.2, 0.25) is 0 Å². The Morgan fingerprint density at radius 1 is 1.24 bits per heavy atom. The fourth-order valence-electron chi connectivity index (χ4n) is 2.84.